The maximum atomic E-state index is 13.0. The van der Waals surface area contributed by atoms with Crippen molar-refractivity contribution in [3.8, 4) is 5.75 Å². The summed E-state index contributed by atoms with van der Waals surface area (Å²) in [4.78, 5) is 38.5. The lowest BCUT2D eigenvalue weighted by Crippen LogP contribution is -2.01. The van der Waals surface area contributed by atoms with Crippen LogP contribution < -0.4 is 0 Å². The van der Waals surface area contributed by atoms with Crippen LogP contribution in [0.3, 0.4) is 0 Å². The van der Waals surface area contributed by atoms with E-state index >= 15 is 0 Å². The van der Waals surface area contributed by atoms with E-state index in [1.54, 1.807) is 48.5 Å². The molecular weight excluding hydrogens is 921 g/mol. The van der Waals surface area contributed by atoms with Gasteiger partial charge < -0.3 is 5.11 Å². The summed E-state index contributed by atoms with van der Waals surface area (Å²) in [5, 5.41) is 31.1. The van der Waals surface area contributed by atoms with Gasteiger partial charge in [0.15, 0.2) is 17.3 Å². The van der Waals surface area contributed by atoms with E-state index in [1.165, 1.54) is 16.2 Å². The second-order valence-electron chi connectivity index (χ2n) is 18.2. The van der Waals surface area contributed by atoms with Crippen LogP contribution in [0.15, 0.2) is 283 Å². The fraction of sp³-hybridized carbons (Fsp3) is 0. The van der Waals surface area contributed by atoms with Crippen molar-refractivity contribution in [2.24, 2.45) is 10.2 Å². The van der Waals surface area contributed by atoms with E-state index in [4.69, 9.17) is 0 Å². The molecule has 0 aromatic heterocycles. The van der Waals surface area contributed by atoms with E-state index in [-0.39, 0.29) is 23.1 Å². The van der Waals surface area contributed by atoms with E-state index in [2.05, 4.69) is 64.8 Å². The van der Waals surface area contributed by atoms with Crippen LogP contribution in [0.4, 0.5) is 11.4 Å². The second-order valence-corrected chi connectivity index (χ2v) is 18.2. The van der Waals surface area contributed by atoms with Crippen molar-refractivity contribution in [3.63, 3.8) is 0 Å². The Morgan fingerprint density at radius 3 is 0.920 bits per heavy atom. The summed E-state index contributed by atoms with van der Waals surface area (Å²) in [6.07, 6.45) is 0. The summed E-state index contributed by atoms with van der Waals surface area (Å²) in [6, 6.07) is 87.7. The molecule has 0 aliphatic heterocycles. The zero-order valence-corrected chi connectivity index (χ0v) is 40.5. The van der Waals surface area contributed by atoms with Gasteiger partial charge in [0.05, 0.1) is 11.4 Å². The van der Waals surface area contributed by atoms with E-state index in [0.717, 1.165) is 70.7 Å². The first-order valence-corrected chi connectivity index (χ1v) is 24.6. The molecule has 1 N–H and O–H groups in total. The maximum Gasteiger partial charge on any atom is 0.193 e. The summed E-state index contributed by atoms with van der Waals surface area (Å²) in [6.45, 7) is 0. The number of nitrogens with zero attached hydrogens (tertiary/aromatic N) is 2. The fourth-order valence-corrected chi connectivity index (χ4v) is 9.29. The Morgan fingerprint density at radius 1 is 0.240 bits per heavy atom. The molecule has 13 rings (SSSR count). The number of azo groups is 1. The van der Waals surface area contributed by atoms with Gasteiger partial charge in [0.1, 0.15) is 5.75 Å². The molecule has 6 nitrogen and oxygen atoms in total. The van der Waals surface area contributed by atoms with Gasteiger partial charge in [-0.25, -0.2) is 0 Å². The molecule has 75 heavy (non-hydrogen) atoms. The molecule has 0 heterocycles. The van der Waals surface area contributed by atoms with Gasteiger partial charge in [-0.2, -0.15) is 10.2 Å². The molecule has 0 amide bonds. The zero-order valence-electron chi connectivity index (χ0n) is 40.5. The lowest BCUT2D eigenvalue weighted by atomic mass is 9.96. The Morgan fingerprint density at radius 2 is 0.507 bits per heavy atom. The van der Waals surface area contributed by atoms with Crippen molar-refractivity contribution in [1.82, 2.24) is 0 Å². The summed E-state index contributed by atoms with van der Waals surface area (Å²) in [5.74, 6) is 0.288. The Hall–Kier alpha value is -10.2. The molecule has 0 spiro atoms. The van der Waals surface area contributed by atoms with Gasteiger partial charge >= 0.3 is 0 Å². The lowest BCUT2D eigenvalue weighted by Gasteiger charge is -2.07. The number of aromatic hydroxyl groups is 1. The van der Waals surface area contributed by atoms with E-state index in [1.807, 2.05) is 170 Å². The average Bonchev–Trinajstić information content (AvgIpc) is 3.48. The topological polar surface area (TPSA) is 96.2 Å². The number of benzene rings is 13. The summed E-state index contributed by atoms with van der Waals surface area (Å²) in [7, 11) is 0. The number of carbonyl (C=O) groups is 3. The normalized spacial score (nSPS) is 11.1. The first kappa shape index (κ1) is 47.2. The molecule has 0 aliphatic carbocycles. The number of rotatable bonds is 8. The first-order valence-electron chi connectivity index (χ1n) is 24.6. The minimum Gasteiger partial charge on any atom is -0.508 e. The third-order valence-corrected chi connectivity index (χ3v) is 13.3. The third kappa shape index (κ3) is 10.6. The van der Waals surface area contributed by atoms with Gasteiger partial charge in [0, 0.05) is 33.4 Å². The van der Waals surface area contributed by atoms with Crippen LogP contribution >= 0.6 is 0 Å². The quantitative estimate of drug-likeness (QED) is 0.0932. The lowest BCUT2D eigenvalue weighted by molar-refractivity contribution is 0.103. The average molecular weight is 967 g/mol. The molecule has 0 unspecified atom stereocenters. The highest BCUT2D eigenvalue weighted by molar-refractivity contribution is 6.15. The maximum absolute atomic E-state index is 13.0. The molecular formula is C69H46N2O4. The molecule has 13 aromatic rings. The molecule has 0 radical (unpaired) electrons. The Labute approximate surface area is 433 Å². The first-order chi connectivity index (χ1) is 36.8. The molecule has 0 atom stereocenters. The molecule has 0 fully saturated rings. The van der Waals surface area contributed by atoms with Crippen LogP contribution in [-0.2, 0) is 0 Å². The van der Waals surface area contributed by atoms with Crippen LogP contribution in [-0.4, -0.2) is 22.5 Å². The van der Waals surface area contributed by atoms with Crippen molar-refractivity contribution >= 4 is 93.4 Å². The van der Waals surface area contributed by atoms with Crippen LogP contribution in [0.5, 0.6) is 5.75 Å². The predicted molar refractivity (Wildman–Crippen MR) is 306 cm³/mol. The van der Waals surface area contributed by atoms with Gasteiger partial charge in [0.2, 0.25) is 0 Å². The standard InChI is InChI=1S/C25H16O.C23H16N2O2.C21H14O/c26-25(21-12-9-17-5-1-2-7-19(17)15-21)22-13-14-24-20(16-22)11-10-18-6-3-4-8-23(18)24;26-22-13-11-21(12-14-22)25-24-20-9-7-17(8-10-20)23(27)19-6-5-16-3-1-2-4-18(16)15-19;22-21(19-11-9-15-5-1-3-7-17(15)13-19)20-12-10-16-6-2-4-8-18(16)14-20/h1-16H;1-15,26H;1-14H. The van der Waals surface area contributed by atoms with Crippen LogP contribution in [0.2, 0.25) is 0 Å². The van der Waals surface area contributed by atoms with Crippen molar-refractivity contribution in [2.45, 2.75) is 0 Å². The number of phenolic OH excluding ortho intramolecular Hbond substituents is 1. The summed E-state index contributed by atoms with van der Waals surface area (Å²) >= 11 is 0. The molecule has 0 aliphatic rings. The fourth-order valence-electron chi connectivity index (χ4n) is 9.29. The molecule has 6 heteroatoms. The zero-order chi connectivity index (χ0) is 51.1. The van der Waals surface area contributed by atoms with Gasteiger partial charge in [-0.05, 0) is 143 Å². The van der Waals surface area contributed by atoms with Gasteiger partial charge in [-0.1, -0.05) is 194 Å². The SMILES string of the molecule is O=C(c1ccc(N=Nc2ccc(O)cc2)cc1)c1ccc2ccccc2c1.O=C(c1ccc2ccccc2c1)c1ccc2c(ccc3ccccc32)c1.O=C(c1ccc2ccccc2c1)c1ccc2ccccc2c1. The Balaban J connectivity index is 0.000000121. The highest BCUT2D eigenvalue weighted by atomic mass is 16.3. The third-order valence-electron chi connectivity index (χ3n) is 13.3. The smallest absolute Gasteiger partial charge is 0.193 e. The highest BCUT2D eigenvalue weighted by Gasteiger charge is 2.14. The number of ketones is 3. The van der Waals surface area contributed by atoms with Gasteiger partial charge in [-0.3, -0.25) is 14.4 Å². The Bertz CT molecular complexity index is 4230. The van der Waals surface area contributed by atoms with E-state index in [0.29, 0.717) is 22.5 Å². The van der Waals surface area contributed by atoms with Crippen LogP contribution in [0.1, 0.15) is 47.8 Å². The van der Waals surface area contributed by atoms with Crippen molar-refractivity contribution in [1.29, 1.82) is 0 Å². The molecule has 0 saturated carbocycles. The van der Waals surface area contributed by atoms with Crippen molar-refractivity contribution in [2.75, 3.05) is 0 Å². The molecule has 13 aromatic carbocycles. The molecule has 356 valence electrons. The van der Waals surface area contributed by atoms with E-state index in [9.17, 15) is 19.5 Å². The highest BCUT2D eigenvalue weighted by Crippen LogP contribution is 2.29. The number of hydrogen-bond donors (Lipinski definition) is 1. The van der Waals surface area contributed by atoms with Crippen LogP contribution in [0, 0.1) is 0 Å². The predicted octanol–water partition coefficient (Wildman–Crippen LogP) is 17.8. The second kappa shape index (κ2) is 21.3. The number of carbonyl (C=O) groups excluding carboxylic acids is 3. The minimum atomic E-state index is -0.0252. The largest absolute Gasteiger partial charge is 0.508 e. The molecule has 0 bridgehead atoms. The monoisotopic (exact) mass is 966 g/mol. The van der Waals surface area contributed by atoms with Gasteiger partial charge in [0.25, 0.3) is 0 Å². The van der Waals surface area contributed by atoms with Crippen LogP contribution in [0.25, 0.3) is 64.6 Å². The van der Waals surface area contributed by atoms with E-state index < -0.39 is 0 Å². The molecule has 0 saturated heterocycles. The summed E-state index contributed by atoms with van der Waals surface area (Å²) < 4.78 is 0. The number of phenols is 1. The number of fused-ring (bicyclic) bond motifs is 7. The van der Waals surface area contributed by atoms with Gasteiger partial charge in [-0.15, -0.1) is 0 Å². The summed E-state index contributed by atoms with van der Waals surface area (Å²) in [5.41, 5.74) is 5.47. The number of hydrogen-bond acceptors (Lipinski definition) is 6. The Kier molecular flexibility index (Phi) is 13.4. The van der Waals surface area contributed by atoms with Crippen molar-refractivity contribution in [3.05, 3.63) is 306 Å². The minimum absolute atomic E-state index is 0.0252. The van der Waals surface area contributed by atoms with Crippen molar-refractivity contribution < 1.29 is 19.5 Å².